The Labute approximate surface area is 96.0 Å². The van der Waals surface area contributed by atoms with E-state index in [-0.39, 0.29) is 0 Å². The molecule has 0 radical (unpaired) electrons. The van der Waals surface area contributed by atoms with E-state index < -0.39 is 0 Å². The summed E-state index contributed by atoms with van der Waals surface area (Å²) in [5.74, 6) is 2.75. The average molecular weight is 211 g/mol. The molecule has 0 bridgehead atoms. The molecule has 1 unspecified atom stereocenters. The fraction of sp³-hybridized carbons (Fsp3) is 1.00. The minimum Gasteiger partial charge on any atom is -0.316 e. The molecular formula is C14H29N. The first-order valence-electron chi connectivity index (χ1n) is 6.91. The van der Waals surface area contributed by atoms with Gasteiger partial charge in [-0.2, -0.15) is 0 Å². The summed E-state index contributed by atoms with van der Waals surface area (Å²) in [6, 6.07) is 0. The highest BCUT2D eigenvalue weighted by Gasteiger charge is 2.19. The van der Waals surface area contributed by atoms with Crippen LogP contribution in [0, 0.1) is 17.8 Å². The van der Waals surface area contributed by atoms with Crippen molar-refractivity contribution in [2.24, 2.45) is 17.8 Å². The normalized spacial score (nSPS) is 20.8. The SMILES string of the molecule is CC(C)CNCCC(C)C1CCCCC1. The summed E-state index contributed by atoms with van der Waals surface area (Å²) in [5, 5.41) is 3.55. The molecule has 0 saturated heterocycles. The maximum atomic E-state index is 3.55. The Morgan fingerprint density at radius 2 is 1.73 bits per heavy atom. The molecule has 0 aromatic rings. The van der Waals surface area contributed by atoms with Crippen LogP contribution in [0.3, 0.4) is 0 Å². The van der Waals surface area contributed by atoms with Crippen molar-refractivity contribution in [1.29, 1.82) is 0 Å². The van der Waals surface area contributed by atoms with Crippen molar-refractivity contribution >= 4 is 0 Å². The molecule has 1 saturated carbocycles. The lowest BCUT2D eigenvalue weighted by molar-refractivity contribution is 0.250. The zero-order valence-corrected chi connectivity index (χ0v) is 10.9. The summed E-state index contributed by atoms with van der Waals surface area (Å²) < 4.78 is 0. The average Bonchev–Trinajstić information content (AvgIpc) is 2.25. The van der Waals surface area contributed by atoms with Gasteiger partial charge in [-0.25, -0.2) is 0 Å². The lowest BCUT2D eigenvalue weighted by atomic mass is 9.79. The Balaban J connectivity index is 2.04. The van der Waals surface area contributed by atoms with Gasteiger partial charge >= 0.3 is 0 Å². The topological polar surface area (TPSA) is 12.0 Å². The fourth-order valence-electron chi connectivity index (χ4n) is 2.66. The number of nitrogens with one attached hydrogen (secondary N) is 1. The lowest BCUT2D eigenvalue weighted by Crippen LogP contribution is -2.24. The maximum Gasteiger partial charge on any atom is -0.00258 e. The van der Waals surface area contributed by atoms with Gasteiger partial charge in [0.15, 0.2) is 0 Å². The quantitative estimate of drug-likeness (QED) is 0.658. The van der Waals surface area contributed by atoms with Crippen LogP contribution in [0.4, 0.5) is 0 Å². The Bertz CT molecular complexity index is 147. The van der Waals surface area contributed by atoms with E-state index in [1.54, 1.807) is 0 Å². The summed E-state index contributed by atoms with van der Waals surface area (Å²) in [5.41, 5.74) is 0. The summed E-state index contributed by atoms with van der Waals surface area (Å²) in [4.78, 5) is 0. The van der Waals surface area contributed by atoms with E-state index in [2.05, 4.69) is 26.1 Å². The van der Waals surface area contributed by atoms with E-state index in [1.165, 1.54) is 51.6 Å². The molecule has 1 fully saturated rings. The van der Waals surface area contributed by atoms with Crippen LogP contribution in [-0.4, -0.2) is 13.1 Å². The largest absolute Gasteiger partial charge is 0.316 e. The third kappa shape index (κ3) is 5.55. The molecule has 0 heterocycles. The van der Waals surface area contributed by atoms with Crippen LogP contribution in [0.15, 0.2) is 0 Å². The van der Waals surface area contributed by atoms with Crippen LogP contribution in [0.1, 0.15) is 59.3 Å². The molecule has 1 heteroatoms. The Morgan fingerprint density at radius 1 is 1.07 bits per heavy atom. The van der Waals surface area contributed by atoms with E-state index >= 15 is 0 Å². The third-order valence-electron chi connectivity index (χ3n) is 3.78. The minimum absolute atomic E-state index is 0.787. The molecule has 0 aromatic heterocycles. The van der Waals surface area contributed by atoms with E-state index in [0.29, 0.717) is 0 Å². The molecule has 1 aliphatic rings. The first kappa shape index (κ1) is 13.0. The van der Waals surface area contributed by atoms with Gasteiger partial charge in [0.25, 0.3) is 0 Å². The van der Waals surface area contributed by atoms with Gasteiger partial charge < -0.3 is 5.32 Å². The number of rotatable bonds is 6. The second-order valence-electron chi connectivity index (χ2n) is 5.76. The van der Waals surface area contributed by atoms with Crippen molar-refractivity contribution in [3.63, 3.8) is 0 Å². The van der Waals surface area contributed by atoms with Crippen molar-refractivity contribution in [2.75, 3.05) is 13.1 Å². The zero-order chi connectivity index (χ0) is 11.1. The van der Waals surface area contributed by atoms with Gasteiger partial charge in [-0.15, -0.1) is 0 Å². The molecule has 1 aliphatic carbocycles. The molecule has 0 amide bonds. The highest BCUT2D eigenvalue weighted by Crippen LogP contribution is 2.31. The van der Waals surface area contributed by atoms with Gasteiger partial charge in [0.1, 0.15) is 0 Å². The minimum atomic E-state index is 0.787. The Hall–Kier alpha value is -0.0400. The molecule has 1 rings (SSSR count). The van der Waals surface area contributed by atoms with Gasteiger partial charge in [-0.05, 0) is 37.3 Å². The second-order valence-corrected chi connectivity index (χ2v) is 5.76. The summed E-state index contributed by atoms with van der Waals surface area (Å²) in [6.07, 6.45) is 8.80. The summed E-state index contributed by atoms with van der Waals surface area (Å²) in [6.45, 7) is 9.40. The molecule has 1 atom stereocenters. The second kappa shape index (κ2) is 7.27. The molecule has 1 nitrogen and oxygen atoms in total. The Morgan fingerprint density at radius 3 is 2.33 bits per heavy atom. The van der Waals surface area contributed by atoms with Crippen LogP contribution in [0.25, 0.3) is 0 Å². The molecular weight excluding hydrogens is 182 g/mol. The highest BCUT2D eigenvalue weighted by molar-refractivity contribution is 4.71. The third-order valence-corrected chi connectivity index (χ3v) is 3.78. The summed E-state index contributed by atoms with van der Waals surface area (Å²) >= 11 is 0. The standard InChI is InChI=1S/C14H29N/c1-12(2)11-15-10-9-13(3)14-7-5-4-6-8-14/h12-15H,4-11H2,1-3H3. The predicted octanol–water partition coefficient (Wildman–Crippen LogP) is 3.84. The first-order valence-corrected chi connectivity index (χ1v) is 6.91. The fourth-order valence-corrected chi connectivity index (χ4v) is 2.66. The summed E-state index contributed by atoms with van der Waals surface area (Å²) in [7, 11) is 0. The number of hydrogen-bond donors (Lipinski definition) is 1. The van der Waals surface area contributed by atoms with E-state index in [1.807, 2.05) is 0 Å². The zero-order valence-electron chi connectivity index (χ0n) is 10.9. The maximum absolute atomic E-state index is 3.55. The van der Waals surface area contributed by atoms with Crippen LogP contribution < -0.4 is 5.32 Å². The van der Waals surface area contributed by atoms with Crippen LogP contribution in [0.5, 0.6) is 0 Å². The molecule has 90 valence electrons. The van der Waals surface area contributed by atoms with Gasteiger partial charge in [-0.3, -0.25) is 0 Å². The van der Waals surface area contributed by atoms with Crippen molar-refractivity contribution in [3.05, 3.63) is 0 Å². The molecule has 15 heavy (non-hydrogen) atoms. The van der Waals surface area contributed by atoms with Crippen molar-refractivity contribution in [3.8, 4) is 0 Å². The molecule has 0 aliphatic heterocycles. The van der Waals surface area contributed by atoms with Gasteiger partial charge in [0, 0.05) is 0 Å². The van der Waals surface area contributed by atoms with E-state index in [0.717, 1.165) is 17.8 Å². The highest BCUT2D eigenvalue weighted by atomic mass is 14.8. The van der Waals surface area contributed by atoms with Gasteiger partial charge in [0.2, 0.25) is 0 Å². The van der Waals surface area contributed by atoms with Crippen LogP contribution >= 0.6 is 0 Å². The Kier molecular flexibility index (Phi) is 6.31. The molecule has 0 spiro atoms. The first-order chi connectivity index (χ1) is 7.20. The monoisotopic (exact) mass is 211 g/mol. The van der Waals surface area contributed by atoms with Crippen molar-refractivity contribution in [1.82, 2.24) is 5.32 Å². The van der Waals surface area contributed by atoms with Crippen LogP contribution in [0.2, 0.25) is 0 Å². The van der Waals surface area contributed by atoms with Crippen molar-refractivity contribution < 1.29 is 0 Å². The van der Waals surface area contributed by atoms with Crippen molar-refractivity contribution in [2.45, 2.75) is 59.3 Å². The van der Waals surface area contributed by atoms with Gasteiger partial charge in [0.05, 0.1) is 0 Å². The molecule has 1 N–H and O–H groups in total. The molecule has 0 aromatic carbocycles. The van der Waals surface area contributed by atoms with E-state index in [9.17, 15) is 0 Å². The lowest BCUT2D eigenvalue weighted by Gasteiger charge is -2.27. The predicted molar refractivity (Wildman–Crippen MR) is 68.1 cm³/mol. The van der Waals surface area contributed by atoms with Gasteiger partial charge in [-0.1, -0.05) is 52.9 Å². The smallest absolute Gasteiger partial charge is 0.00258 e. The van der Waals surface area contributed by atoms with Crippen LogP contribution in [-0.2, 0) is 0 Å². The number of hydrogen-bond acceptors (Lipinski definition) is 1. The van der Waals surface area contributed by atoms with E-state index in [4.69, 9.17) is 0 Å².